The molecule has 0 bridgehead atoms. The van der Waals surface area contributed by atoms with Crippen LogP contribution in [0.15, 0.2) is 0 Å². The number of rotatable bonds is 31. The first-order valence-corrected chi connectivity index (χ1v) is 17.1. The molecule has 5 heteroatoms. The Labute approximate surface area is 242 Å². The second-order valence-corrected chi connectivity index (χ2v) is 11.7. The highest BCUT2D eigenvalue weighted by molar-refractivity contribution is 5.88. The van der Waals surface area contributed by atoms with Gasteiger partial charge in [0.25, 0.3) is 0 Å². The molecule has 0 aliphatic carbocycles. The number of unbranched alkanes of at least 4 members (excludes halogenated alkanes) is 23. The number of hydrogen-bond donors (Lipinski definition) is 2. The maximum Gasteiger partial charge on any atom is 0.242 e. The Morgan fingerprint density at radius 1 is 0.538 bits per heavy atom. The zero-order valence-electron chi connectivity index (χ0n) is 26.1. The fourth-order valence-corrected chi connectivity index (χ4v) is 5.27. The fourth-order valence-electron chi connectivity index (χ4n) is 5.27. The Morgan fingerprint density at radius 3 is 1.28 bits per heavy atom. The van der Waals surface area contributed by atoms with Gasteiger partial charge in [-0.3, -0.25) is 14.4 Å². The molecule has 0 spiro atoms. The van der Waals surface area contributed by atoms with Gasteiger partial charge in [0.05, 0.1) is 6.54 Å². The summed E-state index contributed by atoms with van der Waals surface area (Å²) in [6.07, 6.45) is 34.6. The molecule has 0 aliphatic rings. The molecule has 0 aliphatic heterocycles. The lowest BCUT2D eigenvalue weighted by atomic mass is 10.0. The Morgan fingerprint density at radius 2 is 0.897 bits per heavy atom. The van der Waals surface area contributed by atoms with E-state index in [4.69, 9.17) is 0 Å². The first-order valence-electron chi connectivity index (χ1n) is 17.1. The summed E-state index contributed by atoms with van der Waals surface area (Å²) in [6.45, 7) is 4.40. The fraction of sp³-hybridized carbons (Fsp3) is 0.912. The molecule has 1 unspecified atom stereocenters. The molecule has 0 aromatic rings. The summed E-state index contributed by atoms with van der Waals surface area (Å²) in [7, 11) is 0. The molecule has 0 fully saturated rings. The van der Waals surface area contributed by atoms with E-state index >= 15 is 0 Å². The summed E-state index contributed by atoms with van der Waals surface area (Å²) in [5.74, 6) is -0.313. The van der Waals surface area contributed by atoms with E-state index in [0.717, 1.165) is 25.7 Å². The quantitative estimate of drug-likeness (QED) is 0.0846. The van der Waals surface area contributed by atoms with E-state index in [2.05, 4.69) is 24.5 Å². The predicted octanol–water partition coefficient (Wildman–Crippen LogP) is 9.27. The molecule has 0 rings (SSSR count). The lowest BCUT2D eigenvalue weighted by Crippen LogP contribution is -2.47. The van der Waals surface area contributed by atoms with E-state index < -0.39 is 6.04 Å². The standard InChI is InChI=1S/C34H65N2O3/c1-3-5-7-9-11-13-15-17-19-21-23-25-27-29-33(38)36-32(34(39)35-30-31-37)28-26-24-22-20-18-16-14-12-10-8-6-4-2/h32H,3-30H2,1-2H3,(H,35,39)(H,36,38). The zero-order valence-corrected chi connectivity index (χ0v) is 26.1. The van der Waals surface area contributed by atoms with Crippen molar-refractivity contribution in [3.63, 3.8) is 0 Å². The lowest BCUT2D eigenvalue weighted by molar-refractivity contribution is -0.129. The summed E-state index contributed by atoms with van der Waals surface area (Å²) < 4.78 is 0. The molecule has 1 radical (unpaired) electrons. The Hall–Kier alpha value is -1.39. The van der Waals surface area contributed by atoms with E-state index in [9.17, 15) is 14.4 Å². The van der Waals surface area contributed by atoms with Crippen LogP contribution in [0.5, 0.6) is 0 Å². The van der Waals surface area contributed by atoms with Crippen molar-refractivity contribution in [2.24, 2.45) is 0 Å². The molecule has 39 heavy (non-hydrogen) atoms. The van der Waals surface area contributed by atoms with Gasteiger partial charge in [0, 0.05) is 6.42 Å². The van der Waals surface area contributed by atoms with Gasteiger partial charge in [-0.05, 0) is 12.8 Å². The normalized spacial score (nSPS) is 11.8. The minimum atomic E-state index is -0.545. The van der Waals surface area contributed by atoms with Crippen LogP contribution in [0.4, 0.5) is 0 Å². The maximum atomic E-state index is 12.5. The third kappa shape index (κ3) is 28.0. The smallest absolute Gasteiger partial charge is 0.242 e. The van der Waals surface area contributed by atoms with Gasteiger partial charge in [-0.25, -0.2) is 0 Å². The van der Waals surface area contributed by atoms with Crippen LogP contribution < -0.4 is 10.6 Å². The molecule has 229 valence electrons. The van der Waals surface area contributed by atoms with Gasteiger partial charge in [-0.1, -0.05) is 168 Å². The molecule has 0 saturated heterocycles. The topological polar surface area (TPSA) is 75.3 Å². The molecular weight excluding hydrogens is 484 g/mol. The first-order chi connectivity index (χ1) is 19.2. The molecule has 0 heterocycles. The van der Waals surface area contributed by atoms with Crippen molar-refractivity contribution in [3.05, 3.63) is 0 Å². The average Bonchev–Trinajstić information content (AvgIpc) is 2.94. The number of amides is 2. The van der Waals surface area contributed by atoms with Gasteiger partial charge >= 0.3 is 0 Å². The summed E-state index contributed by atoms with van der Waals surface area (Å²) >= 11 is 0. The zero-order chi connectivity index (χ0) is 28.7. The highest BCUT2D eigenvalue weighted by atomic mass is 16.2. The van der Waals surface area contributed by atoms with Crippen LogP contribution in [-0.4, -0.2) is 30.7 Å². The largest absolute Gasteiger partial charge is 0.347 e. The second-order valence-electron chi connectivity index (χ2n) is 11.7. The van der Waals surface area contributed by atoms with Crippen molar-refractivity contribution in [1.82, 2.24) is 10.6 Å². The predicted molar refractivity (Wildman–Crippen MR) is 167 cm³/mol. The van der Waals surface area contributed by atoms with Crippen molar-refractivity contribution in [3.8, 4) is 0 Å². The van der Waals surface area contributed by atoms with E-state index in [1.54, 1.807) is 6.29 Å². The molecular formula is C34H65N2O3. The van der Waals surface area contributed by atoms with E-state index in [1.165, 1.54) is 135 Å². The van der Waals surface area contributed by atoms with Crippen molar-refractivity contribution in [2.75, 3.05) is 6.54 Å². The highest BCUT2D eigenvalue weighted by Gasteiger charge is 2.19. The molecule has 2 amide bonds. The molecule has 2 N–H and O–H groups in total. The number of carbonyl (C=O) groups excluding carboxylic acids is 3. The summed E-state index contributed by atoms with van der Waals surface area (Å²) in [5, 5.41) is 5.50. The number of hydrogen-bond acceptors (Lipinski definition) is 3. The summed E-state index contributed by atoms with van der Waals surface area (Å²) in [5.41, 5.74) is 0. The van der Waals surface area contributed by atoms with Gasteiger partial charge < -0.3 is 10.6 Å². The third-order valence-electron chi connectivity index (χ3n) is 7.84. The van der Waals surface area contributed by atoms with Gasteiger partial charge in [-0.2, -0.15) is 0 Å². The summed E-state index contributed by atoms with van der Waals surface area (Å²) in [6, 6.07) is -0.545. The molecule has 0 saturated carbocycles. The maximum absolute atomic E-state index is 12.5. The molecule has 5 nitrogen and oxygen atoms in total. The van der Waals surface area contributed by atoms with Crippen LogP contribution in [0.25, 0.3) is 0 Å². The van der Waals surface area contributed by atoms with Gasteiger partial charge in [0.15, 0.2) is 0 Å². The highest BCUT2D eigenvalue weighted by Crippen LogP contribution is 2.15. The van der Waals surface area contributed by atoms with Crippen molar-refractivity contribution in [2.45, 2.75) is 193 Å². The minimum Gasteiger partial charge on any atom is -0.347 e. The van der Waals surface area contributed by atoms with Crippen LogP contribution in [-0.2, 0) is 14.4 Å². The Balaban J connectivity index is 3.87. The van der Waals surface area contributed by atoms with Crippen LogP contribution in [0.2, 0.25) is 0 Å². The van der Waals surface area contributed by atoms with Crippen LogP contribution in [0, 0.1) is 0 Å². The van der Waals surface area contributed by atoms with Crippen molar-refractivity contribution in [1.29, 1.82) is 0 Å². The van der Waals surface area contributed by atoms with E-state index in [-0.39, 0.29) is 18.4 Å². The molecule has 1 atom stereocenters. The number of carbonyl (C=O) groups is 2. The summed E-state index contributed by atoms with van der Waals surface area (Å²) in [4.78, 5) is 35.5. The van der Waals surface area contributed by atoms with E-state index in [1.807, 2.05) is 0 Å². The van der Waals surface area contributed by atoms with Gasteiger partial charge in [-0.15, -0.1) is 0 Å². The molecule has 0 aromatic carbocycles. The van der Waals surface area contributed by atoms with Gasteiger partial charge in [0.1, 0.15) is 6.04 Å². The van der Waals surface area contributed by atoms with Gasteiger partial charge in [0.2, 0.25) is 18.1 Å². The number of nitrogens with one attached hydrogen (secondary N) is 2. The first kappa shape index (κ1) is 37.6. The lowest BCUT2D eigenvalue weighted by Gasteiger charge is -2.18. The SMILES string of the molecule is CCCCCCCCCCCCCCCC(=O)NC(CCCCCCCCCCCCCC)C(=O)NC[C]=O. The van der Waals surface area contributed by atoms with E-state index in [0.29, 0.717) is 12.8 Å². The van der Waals surface area contributed by atoms with Crippen LogP contribution in [0.3, 0.4) is 0 Å². The van der Waals surface area contributed by atoms with Crippen LogP contribution in [0.1, 0.15) is 187 Å². The second kappa shape index (κ2) is 31.1. The van der Waals surface area contributed by atoms with Crippen LogP contribution >= 0.6 is 0 Å². The average molecular weight is 550 g/mol. The third-order valence-corrected chi connectivity index (χ3v) is 7.84. The Kier molecular flexibility index (Phi) is 30.0. The van der Waals surface area contributed by atoms with Crippen molar-refractivity contribution >= 4 is 18.1 Å². The Bertz CT molecular complexity index is 553. The monoisotopic (exact) mass is 549 g/mol. The van der Waals surface area contributed by atoms with Crippen molar-refractivity contribution < 1.29 is 14.4 Å². The minimum absolute atomic E-state index is 0.0488. The molecule has 0 aromatic heterocycles.